The third-order valence-corrected chi connectivity index (χ3v) is 5.95. The van der Waals surface area contributed by atoms with E-state index in [9.17, 15) is 5.11 Å². The molecule has 0 bridgehead atoms. The molecule has 27 heavy (non-hydrogen) atoms. The van der Waals surface area contributed by atoms with Crippen LogP contribution < -0.4 is 0 Å². The summed E-state index contributed by atoms with van der Waals surface area (Å²) in [5, 5.41) is 11.0. The van der Waals surface area contributed by atoms with Gasteiger partial charge in [-0.15, -0.1) is 0 Å². The average Bonchev–Trinajstić information content (AvgIpc) is 2.63. The van der Waals surface area contributed by atoms with Crippen molar-refractivity contribution in [2.45, 2.75) is 77.2 Å². The van der Waals surface area contributed by atoms with Gasteiger partial charge in [-0.3, -0.25) is 4.99 Å². The average molecular weight is 364 g/mol. The number of phenols is 1. The van der Waals surface area contributed by atoms with Crippen molar-refractivity contribution in [1.29, 1.82) is 0 Å². The van der Waals surface area contributed by atoms with Crippen molar-refractivity contribution in [2.75, 3.05) is 0 Å². The third kappa shape index (κ3) is 4.80. The maximum absolute atomic E-state index is 11.0. The molecule has 0 unspecified atom stereocenters. The summed E-state index contributed by atoms with van der Waals surface area (Å²) in [6, 6.07) is 15.0. The minimum atomic E-state index is -0.264. The monoisotopic (exact) mass is 363 g/mol. The number of rotatable bonds is 4. The van der Waals surface area contributed by atoms with E-state index in [0.717, 1.165) is 16.7 Å². The molecule has 0 aliphatic heterocycles. The van der Waals surface area contributed by atoms with Gasteiger partial charge in [-0.2, -0.15) is 0 Å². The first-order chi connectivity index (χ1) is 13.0. The fourth-order valence-corrected chi connectivity index (χ4v) is 4.16. The summed E-state index contributed by atoms with van der Waals surface area (Å²) in [5.74, 6) is 0.365. The predicted molar refractivity (Wildman–Crippen MR) is 115 cm³/mol. The Hall–Kier alpha value is -2.09. The summed E-state index contributed by atoms with van der Waals surface area (Å²) in [7, 11) is 0. The van der Waals surface area contributed by atoms with Gasteiger partial charge < -0.3 is 5.11 Å². The van der Waals surface area contributed by atoms with E-state index in [1.54, 1.807) is 0 Å². The molecule has 1 aliphatic carbocycles. The van der Waals surface area contributed by atoms with Crippen LogP contribution in [0.25, 0.3) is 0 Å². The number of aliphatic imine (C=N–C) groups is 1. The number of aromatic hydroxyl groups is 1. The zero-order valence-corrected chi connectivity index (χ0v) is 17.0. The van der Waals surface area contributed by atoms with E-state index in [1.807, 2.05) is 18.3 Å². The van der Waals surface area contributed by atoms with Crippen molar-refractivity contribution in [3.63, 3.8) is 0 Å². The molecular formula is C25H33NO. The Morgan fingerprint density at radius 1 is 0.963 bits per heavy atom. The van der Waals surface area contributed by atoms with Gasteiger partial charge in [-0.25, -0.2) is 0 Å². The molecule has 2 aromatic rings. The minimum absolute atomic E-state index is 0.264. The first-order valence-corrected chi connectivity index (χ1v) is 10.4. The van der Waals surface area contributed by atoms with Gasteiger partial charge in [-0.05, 0) is 37.0 Å². The summed E-state index contributed by atoms with van der Waals surface area (Å²) >= 11 is 0. The van der Waals surface area contributed by atoms with Crippen LogP contribution >= 0.6 is 0 Å². The fourth-order valence-electron chi connectivity index (χ4n) is 4.16. The van der Waals surface area contributed by atoms with Crippen molar-refractivity contribution in [1.82, 2.24) is 0 Å². The van der Waals surface area contributed by atoms with Crippen LogP contribution in [0.2, 0.25) is 0 Å². The maximum atomic E-state index is 11.0. The molecule has 0 amide bonds. The van der Waals surface area contributed by atoms with Crippen LogP contribution in [0.4, 0.5) is 0 Å². The van der Waals surface area contributed by atoms with E-state index in [1.165, 1.54) is 50.5 Å². The molecule has 1 saturated carbocycles. The van der Waals surface area contributed by atoms with Crippen molar-refractivity contribution in [3.8, 4) is 5.75 Å². The fraction of sp³-hybridized carbons (Fsp3) is 0.480. The number of hydrogen-bond donors (Lipinski definition) is 1. The Labute approximate surface area is 164 Å². The highest BCUT2D eigenvalue weighted by molar-refractivity contribution is 5.85. The largest absolute Gasteiger partial charge is 0.507 e. The number of nitrogens with zero attached hydrogens (tertiary/aromatic N) is 1. The molecule has 144 valence electrons. The Morgan fingerprint density at radius 3 is 2.26 bits per heavy atom. The Balaban J connectivity index is 1.90. The van der Waals surface area contributed by atoms with E-state index < -0.39 is 0 Å². The summed E-state index contributed by atoms with van der Waals surface area (Å²) in [4.78, 5) is 4.87. The molecule has 1 N–H and O–H groups in total. The molecule has 2 heteroatoms. The molecule has 0 spiro atoms. The lowest BCUT2D eigenvalue weighted by molar-refractivity contribution is 0.450. The van der Waals surface area contributed by atoms with Gasteiger partial charge in [0.1, 0.15) is 5.75 Å². The lowest BCUT2D eigenvalue weighted by atomic mass is 9.76. The first kappa shape index (κ1) is 19.7. The molecule has 0 heterocycles. The van der Waals surface area contributed by atoms with Crippen LogP contribution in [0.15, 0.2) is 47.5 Å². The zero-order chi connectivity index (χ0) is 19.3. The molecule has 0 atom stereocenters. The molecule has 2 nitrogen and oxygen atoms in total. The van der Waals surface area contributed by atoms with E-state index in [2.05, 4.69) is 51.1 Å². The number of hydrogen-bond acceptors (Lipinski definition) is 2. The van der Waals surface area contributed by atoms with E-state index in [4.69, 9.17) is 4.99 Å². The predicted octanol–water partition coefficient (Wildman–Crippen LogP) is 6.56. The second kappa shape index (κ2) is 8.73. The van der Waals surface area contributed by atoms with Crippen molar-refractivity contribution in [2.24, 2.45) is 4.99 Å². The molecule has 0 radical (unpaired) electrons. The summed E-state index contributed by atoms with van der Waals surface area (Å²) < 4.78 is 0. The van der Waals surface area contributed by atoms with Crippen LogP contribution in [-0.4, -0.2) is 17.4 Å². The third-order valence-electron chi connectivity index (χ3n) is 5.95. The molecule has 1 fully saturated rings. The van der Waals surface area contributed by atoms with E-state index >= 15 is 0 Å². The summed E-state index contributed by atoms with van der Waals surface area (Å²) in [5.41, 5.74) is 3.91. The van der Waals surface area contributed by atoms with Gasteiger partial charge in [-0.1, -0.05) is 82.3 Å². The van der Waals surface area contributed by atoms with E-state index in [0.29, 0.717) is 11.8 Å². The first-order valence-electron chi connectivity index (χ1n) is 10.4. The quantitative estimate of drug-likeness (QED) is 0.613. The number of aryl methyl sites for hydroxylation is 1. The van der Waals surface area contributed by atoms with Crippen molar-refractivity contribution in [3.05, 3.63) is 64.7 Å². The summed E-state index contributed by atoms with van der Waals surface area (Å²) in [6.45, 7) is 6.44. The highest BCUT2D eigenvalue weighted by Gasteiger charge is 2.27. The van der Waals surface area contributed by atoms with Gasteiger partial charge >= 0.3 is 0 Å². The van der Waals surface area contributed by atoms with Crippen molar-refractivity contribution >= 4 is 6.21 Å². The van der Waals surface area contributed by atoms with Crippen LogP contribution in [0, 0.1) is 6.92 Å². The van der Waals surface area contributed by atoms with Gasteiger partial charge in [0.25, 0.3) is 0 Å². The second-order valence-corrected chi connectivity index (χ2v) is 8.52. The SMILES string of the molecule is Cc1cc(C=NC2CCCCCCC2)c(O)c(C(C)(C)c2ccccc2)c1. The Morgan fingerprint density at radius 2 is 1.59 bits per heavy atom. The summed E-state index contributed by atoms with van der Waals surface area (Å²) in [6.07, 6.45) is 10.8. The smallest absolute Gasteiger partial charge is 0.128 e. The van der Waals surface area contributed by atoms with Crippen LogP contribution in [0.3, 0.4) is 0 Å². The Kier molecular flexibility index (Phi) is 6.36. The molecule has 0 aromatic heterocycles. The molecule has 0 saturated heterocycles. The second-order valence-electron chi connectivity index (χ2n) is 8.52. The molecule has 2 aromatic carbocycles. The lowest BCUT2D eigenvalue weighted by Crippen LogP contribution is -2.19. The number of benzene rings is 2. The Bertz CT molecular complexity index is 768. The highest BCUT2D eigenvalue weighted by Crippen LogP contribution is 2.38. The van der Waals surface area contributed by atoms with Gasteiger partial charge in [0, 0.05) is 28.8 Å². The maximum Gasteiger partial charge on any atom is 0.128 e. The zero-order valence-electron chi connectivity index (χ0n) is 17.0. The van der Waals surface area contributed by atoms with Crippen LogP contribution in [0.1, 0.15) is 81.0 Å². The van der Waals surface area contributed by atoms with E-state index in [-0.39, 0.29) is 5.41 Å². The van der Waals surface area contributed by atoms with Gasteiger partial charge in [0.2, 0.25) is 0 Å². The van der Waals surface area contributed by atoms with Crippen LogP contribution in [0.5, 0.6) is 5.75 Å². The standard InChI is InChI=1S/C25H33NO/c1-19-16-20(18-26-22-14-10-5-4-6-11-15-22)24(27)23(17-19)25(2,3)21-12-8-7-9-13-21/h7-9,12-13,16-18,22,27H,4-6,10-11,14-15H2,1-3H3. The highest BCUT2D eigenvalue weighted by atomic mass is 16.3. The minimum Gasteiger partial charge on any atom is -0.507 e. The molecular weight excluding hydrogens is 330 g/mol. The van der Waals surface area contributed by atoms with Crippen molar-refractivity contribution < 1.29 is 5.11 Å². The van der Waals surface area contributed by atoms with Crippen LogP contribution in [-0.2, 0) is 5.41 Å². The lowest BCUT2D eigenvalue weighted by Gasteiger charge is -2.28. The topological polar surface area (TPSA) is 32.6 Å². The van der Waals surface area contributed by atoms with Gasteiger partial charge in [0.05, 0.1) is 0 Å². The molecule has 3 rings (SSSR count). The normalized spacial score (nSPS) is 17.0. The van der Waals surface area contributed by atoms with Gasteiger partial charge in [0.15, 0.2) is 0 Å². The molecule has 1 aliphatic rings. The number of phenolic OH excluding ortho intramolecular Hbond substituents is 1.